The number of benzene rings is 1. The number of rotatable bonds is 5. The summed E-state index contributed by atoms with van der Waals surface area (Å²) in [5, 5.41) is 2.24. The van der Waals surface area contributed by atoms with E-state index in [2.05, 4.69) is 30.6 Å². The minimum absolute atomic E-state index is 0.0318. The Morgan fingerprint density at radius 2 is 1.96 bits per heavy atom. The summed E-state index contributed by atoms with van der Waals surface area (Å²) in [6.07, 6.45) is 3.26. The summed E-state index contributed by atoms with van der Waals surface area (Å²) in [7, 11) is -3.64. The van der Waals surface area contributed by atoms with Crippen LogP contribution in [-0.2, 0) is 16.6 Å². The lowest BCUT2D eigenvalue weighted by Crippen LogP contribution is -2.23. The fourth-order valence-corrected chi connectivity index (χ4v) is 4.24. The molecule has 1 aromatic carbocycles. The summed E-state index contributed by atoms with van der Waals surface area (Å²) in [5.74, 6) is 0. The van der Waals surface area contributed by atoms with Crippen molar-refractivity contribution >= 4 is 37.3 Å². The molecule has 1 N–H and O–H groups in total. The van der Waals surface area contributed by atoms with Crippen LogP contribution >= 0.6 is 27.3 Å². The van der Waals surface area contributed by atoms with Gasteiger partial charge in [0.25, 0.3) is 10.0 Å². The molecule has 0 saturated heterocycles. The number of nitrogens with one attached hydrogen (secondary N) is 1. The van der Waals surface area contributed by atoms with Crippen molar-refractivity contribution in [3.8, 4) is 10.6 Å². The van der Waals surface area contributed by atoms with Gasteiger partial charge in [0.15, 0.2) is 5.03 Å². The number of hydrogen-bond donors (Lipinski definition) is 1. The van der Waals surface area contributed by atoms with Crippen molar-refractivity contribution in [2.45, 2.75) is 11.6 Å². The zero-order valence-electron chi connectivity index (χ0n) is 11.8. The molecule has 0 aliphatic rings. The van der Waals surface area contributed by atoms with Gasteiger partial charge >= 0.3 is 0 Å². The molecule has 2 aromatic heterocycles. The maximum atomic E-state index is 12.3. The van der Waals surface area contributed by atoms with E-state index in [-0.39, 0.29) is 11.6 Å². The summed E-state index contributed by atoms with van der Waals surface area (Å²) in [4.78, 5) is 8.19. The van der Waals surface area contributed by atoms with Crippen LogP contribution in [0.3, 0.4) is 0 Å². The molecule has 0 spiro atoms. The average Bonchev–Trinajstić information content (AvgIpc) is 3.06. The SMILES string of the molecule is O=S(=O)(NCc1cccnc1)c1csc(-c2ccc(Br)cc2)n1. The quantitative estimate of drug-likeness (QED) is 0.700. The second kappa shape index (κ2) is 6.88. The molecule has 0 fully saturated rings. The minimum atomic E-state index is -3.64. The Morgan fingerprint density at radius 1 is 1.17 bits per heavy atom. The molecule has 0 unspecified atom stereocenters. The first-order chi connectivity index (χ1) is 11.0. The van der Waals surface area contributed by atoms with Gasteiger partial charge in [-0.15, -0.1) is 11.3 Å². The third kappa shape index (κ3) is 4.03. The Balaban J connectivity index is 1.77. The van der Waals surface area contributed by atoms with Crippen LogP contribution in [0.5, 0.6) is 0 Å². The highest BCUT2D eigenvalue weighted by Gasteiger charge is 2.18. The van der Waals surface area contributed by atoms with Crippen molar-refractivity contribution in [2.75, 3.05) is 0 Å². The second-order valence-corrected chi connectivity index (χ2v) is 8.17. The van der Waals surface area contributed by atoms with E-state index >= 15 is 0 Å². The first-order valence-electron chi connectivity index (χ1n) is 6.65. The van der Waals surface area contributed by atoms with Crippen molar-refractivity contribution in [2.24, 2.45) is 0 Å². The van der Waals surface area contributed by atoms with E-state index in [0.717, 1.165) is 15.6 Å². The number of halogens is 1. The summed E-state index contributed by atoms with van der Waals surface area (Å²) in [5.41, 5.74) is 1.67. The largest absolute Gasteiger partial charge is 0.264 e. The van der Waals surface area contributed by atoms with Crippen LogP contribution in [-0.4, -0.2) is 18.4 Å². The Hall–Kier alpha value is -1.61. The predicted octanol–water partition coefficient (Wildman–Crippen LogP) is 3.45. The summed E-state index contributed by atoms with van der Waals surface area (Å²) >= 11 is 4.67. The summed E-state index contributed by atoms with van der Waals surface area (Å²) in [6.45, 7) is 0.182. The van der Waals surface area contributed by atoms with Crippen molar-refractivity contribution in [1.82, 2.24) is 14.7 Å². The predicted molar refractivity (Wildman–Crippen MR) is 93.5 cm³/mol. The van der Waals surface area contributed by atoms with Crippen LogP contribution in [0.4, 0.5) is 0 Å². The van der Waals surface area contributed by atoms with Crippen molar-refractivity contribution in [3.63, 3.8) is 0 Å². The Bertz CT molecular complexity index is 894. The Morgan fingerprint density at radius 3 is 2.65 bits per heavy atom. The van der Waals surface area contributed by atoms with Crippen LogP contribution < -0.4 is 4.72 Å². The average molecular weight is 410 g/mol. The maximum absolute atomic E-state index is 12.3. The smallest absolute Gasteiger partial charge is 0.259 e. The molecule has 0 amide bonds. The molecule has 3 aromatic rings. The number of pyridine rings is 1. The molecular formula is C15H12BrN3O2S2. The number of thiazole rings is 1. The molecule has 2 heterocycles. The molecule has 0 saturated carbocycles. The molecule has 3 rings (SSSR count). The lowest BCUT2D eigenvalue weighted by molar-refractivity contribution is 0.578. The zero-order chi connectivity index (χ0) is 16.3. The monoisotopic (exact) mass is 409 g/mol. The third-order valence-electron chi connectivity index (χ3n) is 3.04. The molecule has 8 heteroatoms. The van der Waals surface area contributed by atoms with Crippen molar-refractivity contribution in [1.29, 1.82) is 0 Å². The molecule has 0 aliphatic heterocycles. The van der Waals surface area contributed by atoms with E-state index in [1.807, 2.05) is 30.3 Å². The van der Waals surface area contributed by atoms with Crippen molar-refractivity contribution < 1.29 is 8.42 Å². The fourth-order valence-electron chi connectivity index (χ4n) is 1.86. The standard InChI is InChI=1S/C15H12BrN3O2S2/c16-13-5-3-12(4-6-13)15-19-14(10-22-15)23(20,21)18-9-11-2-1-7-17-8-11/h1-8,10,18H,9H2. The van der Waals surface area contributed by atoms with Crippen LogP contribution in [0.25, 0.3) is 10.6 Å². The fraction of sp³-hybridized carbons (Fsp3) is 0.0667. The minimum Gasteiger partial charge on any atom is -0.264 e. The van der Waals surface area contributed by atoms with Gasteiger partial charge in [0.05, 0.1) is 0 Å². The molecule has 5 nitrogen and oxygen atoms in total. The highest BCUT2D eigenvalue weighted by atomic mass is 79.9. The number of aromatic nitrogens is 2. The lowest BCUT2D eigenvalue weighted by Gasteiger charge is -2.03. The maximum Gasteiger partial charge on any atom is 0.259 e. The van der Waals surface area contributed by atoms with Gasteiger partial charge in [-0.05, 0) is 23.8 Å². The van der Waals surface area contributed by atoms with Gasteiger partial charge in [-0.2, -0.15) is 0 Å². The van der Waals surface area contributed by atoms with Gasteiger partial charge in [-0.3, -0.25) is 4.98 Å². The van der Waals surface area contributed by atoms with Crippen LogP contribution in [0, 0.1) is 0 Å². The number of sulfonamides is 1. The van der Waals surface area contributed by atoms with Gasteiger partial charge in [-0.25, -0.2) is 18.1 Å². The molecule has 0 atom stereocenters. The zero-order valence-corrected chi connectivity index (χ0v) is 15.0. The van der Waals surface area contributed by atoms with Gasteiger partial charge in [0.2, 0.25) is 0 Å². The van der Waals surface area contributed by atoms with Gasteiger partial charge < -0.3 is 0 Å². The van der Waals surface area contributed by atoms with E-state index in [4.69, 9.17) is 0 Å². The van der Waals surface area contributed by atoms with Gasteiger partial charge in [0.1, 0.15) is 5.01 Å². The second-order valence-electron chi connectivity index (χ2n) is 4.68. The third-order valence-corrected chi connectivity index (χ3v) is 5.89. The normalized spacial score (nSPS) is 11.5. The van der Waals surface area contributed by atoms with Crippen LogP contribution in [0.15, 0.2) is 63.7 Å². The van der Waals surface area contributed by atoms with Gasteiger partial charge in [0, 0.05) is 34.4 Å². The summed E-state index contributed by atoms with van der Waals surface area (Å²) in [6, 6.07) is 11.1. The topological polar surface area (TPSA) is 72.0 Å². The molecule has 118 valence electrons. The summed E-state index contributed by atoms with van der Waals surface area (Å²) < 4.78 is 28.1. The molecule has 0 radical (unpaired) electrons. The highest BCUT2D eigenvalue weighted by Crippen LogP contribution is 2.26. The van der Waals surface area contributed by atoms with Gasteiger partial charge in [-0.1, -0.05) is 34.1 Å². The molecule has 0 bridgehead atoms. The highest BCUT2D eigenvalue weighted by molar-refractivity contribution is 9.10. The van der Waals surface area contributed by atoms with E-state index in [1.165, 1.54) is 11.3 Å². The molecular weight excluding hydrogens is 398 g/mol. The Kier molecular flexibility index (Phi) is 4.86. The Labute approximate surface area is 146 Å². The number of nitrogens with zero attached hydrogens (tertiary/aromatic N) is 2. The van der Waals surface area contributed by atoms with Crippen LogP contribution in [0.1, 0.15) is 5.56 Å². The van der Waals surface area contributed by atoms with E-state index in [0.29, 0.717) is 5.01 Å². The lowest BCUT2D eigenvalue weighted by atomic mass is 10.2. The first kappa shape index (κ1) is 16.3. The van der Waals surface area contributed by atoms with E-state index in [9.17, 15) is 8.42 Å². The van der Waals surface area contributed by atoms with Crippen LogP contribution in [0.2, 0.25) is 0 Å². The number of hydrogen-bond acceptors (Lipinski definition) is 5. The van der Waals surface area contributed by atoms with E-state index in [1.54, 1.807) is 23.8 Å². The molecule has 0 aliphatic carbocycles. The van der Waals surface area contributed by atoms with Crippen molar-refractivity contribution in [3.05, 3.63) is 64.2 Å². The van der Waals surface area contributed by atoms with E-state index < -0.39 is 10.0 Å². The first-order valence-corrected chi connectivity index (χ1v) is 9.80. The molecule has 23 heavy (non-hydrogen) atoms.